The molecule has 0 unspecified atom stereocenters. The van der Waals surface area contributed by atoms with E-state index >= 15 is 0 Å². The molecule has 0 saturated carbocycles. The molecule has 0 aliphatic carbocycles. The van der Waals surface area contributed by atoms with Crippen molar-refractivity contribution in [3.63, 3.8) is 0 Å². The van der Waals surface area contributed by atoms with Gasteiger partial charge >= 0.3 is 21.1 Å². The predicted molar refractivity (Wildman–Crippen MR) is 188 cm³/mol. The molecule has 0 bridgehead atoms. The number of pyridine rings is 2. The molecule has 0 spiro atoms. The van der Waals surface area contributed by atoms with E-state index in [2.05, 4.69) is 113 Å². The summed E-state index contributed by atoms with van der Waals surface area (Å²) in [5.74, 6) is 1.88. The van der Waals surface area contributed by atoms with Crippen LogP contribution in [0.3, 0.4) is 0 Å². The quantitative estimate of drug-likeness (QED) is 0.131. The van der Waals surface area contributed by atoms with Crippen LogP contribution >= 0.6 is 0 Å². The van der Waals surface area contributed by atoms with Crippen LogP contribution in [0.5, 0.6) is 11.6 Å². The summed E-state index contributed by atoms with van der Waals surface area (Å²) in [4.78, 5) is 10.4. The molecule has 0 N–H and O–H groups in total. The third-order valence-electron chi connectivity index (χ3n) is 8.41. The number of aromatic nitrogens is 3. The number of ether oxygens (including phenoxy) is 1. The van der Waals surface area contributed by atoms with Crippen molar-refractivity contribution in [2.75, 3.05) is 0 Å². The van der Waals surface area contributed by atoms with E-state index in [-0.39, 0.29) is 31.9 Å². The molecule has 7 aromatic rings. The van der Waals surface area contributed by atoms with E-state index in [9.17, 15) is 0 Å². The van der Waals surface area contributed by atoms with Gasteiger partial charge in [0.2, 0.25) is 5.88 Å². The van der Waals surface area contributed by atoms with Crippen LogP contribution in [-0.4, -0.2) is 14.5 Å². The summed E-state index contributed by atoms with van der Waals surface area (Å²) in [6.07, 6.45) is 1.87. The second-order valence-corrected chi connectivity index (χ2v) is 14.2. The SMILES string of the molecule is CC(C)(C)c1cc([S-])c2nc(Oc3[c-]c4c(cc3)c3cc(C(C)(C)C)ccc3n4-c3cc(-c4ccccc4)ccn3)ccc2c1.[Pt+2]. The Morgan fingerprint density at radius 3 is 2.22 bits per heavy atom. The largest absolute Gasteiger partial charge is 2.00 e. The predicted octanol–water partition coefficient (Wildman–Crippen LogP) is 10.5. The van der Waals surface area contributed by atoms with E-state index in [1.165, 1.54) is 11.1 Å². The Bertz CT molecular complexity index is 2230. The van der Waals surface area contributed by atoms with Crippen LogP contribution in [0.1, 0.15) is 52.7 Å². The number of fused-ring (bicyclic) bond motifs is 4. The van der Waals surface area contributed by atoms with Gasteiger partial charge in [0.1, 0.15) is 5.82 Å². The van der Waals surface area contributed by atoms with Crippen LogP contribution in [0.2, 0.25) is 0 Å². The average Bonchev–Trinajstić information content (AvgIpc) is 3.34. The minimum absolute atomic E-state index is 0. The molecule has 0 saturated heterocycles. The third-order valence-corrected chi connectivity index (χ3v) is 8.72. The molecule has 0 fully saturated rings. The summed E-state index contributed by atoms with van der Waals surface area (Å²) in [5, 5.41) is 3.25. The van der Waals surface area contributed by atoms with E-state index in [4.69, 9.17) is 27.3 Å². The molecule has 232 valence electrons. The normalized spacial score (nSPS) is 12.0. The molecule has 0 aliphatic heterocycles. The van der Waals surface area contributed by atoms with Crippen molar-refractivity contribution < 1.29 is 25.8 Å². The Balaban J connectivity index is 0.00000372. The Hall–Kier alpha value is -4.05. The van der Waals surface area contributed by atoms with Crippen molar-refractivity contribution in [3.05, 3.63) is 120 Å². The summed E-state index contributed by atoms with van der Waals surface area (Å²) in [6, 6.07) is 37.1. The van der Waals surface area contributed by atoms with Crippen LogP contribution < -0.4 is 4.74 Å². The molecule has 0 atom stereocenters. The molecule has 7 rings (SSSR count). The molecular formula is C40H35N3OPtS. The van der Waals surface area contributed by atoms with Gasteiger partial charge in [0, 0.05) is 23.5 Å². The van der Waals surface area contributed by atoms with Gasteiger partial charge in [0.25, 0.3) is 0 Å². The van der Waals surface area contributed by atoms with Gasteiger partial charge in [-0.1, -0.05) is 95.6 Å². The molecule has 4 nitrogen and oxygen atoms in total. The zero-order chi connectivity index (χ0) is 31.5. The van der Waals surface area contributed by atoms with Crippen molar-refractivity contribution in [2.24, 2.45) is 0 Å². The first-order valence-corrected chi connectivity index (χ1v) is 15.7. The summed E-state index contributed by atoms with van der Waals surface area (Å²) in [5.41, 5.74) is 7.46. The summed E-state index contributed by atoms with van der Waals surface area (Å²) < 4.78 is 8.54. The Labute approximate surface area is 290 Å². The van der Waals surface area contributed by atoms with Gasteiger partial charge in [-0.15, -0.1) is 22.4 Å². The van der Waals surface area contributed by atoms with Gasteiger partial charge in [-0.25, -0.2) is 9.97 Å². The summed E-state index contributed by atoms with van der Waals surface area (Å²) in [6.45, 7) is 13.3. The first kappa shape index (κ1) is 31.9. The van der Waals surface area contributed by atoms with E-state index in [0.717, 1.165) is 54.5 Å². The number of nitrogens with zero attached hydrogens (tertiary/aromatic N) is 3. The fraction of sp³-hybridized carbons (Fsp3) is 0.200. The smallest absolute Gasteiger partial charge is 0.778 e. The summed E-state index contributed by atoms with van der Waals surface area (Å²) in [7, 11) is 0. The molecule has 3 aromatic heterocycles. The molecule has 4 aromatic carbocycles. The second kappa shape index (κ2) is 12.0. The van der Waals surface area contributed by atoms with Crippen molar-refractivity contribution in [1.29, 1.82) is 0 Å². The third kappa shape index (κ3) is 5.95. The van der Waals surface area contributed by atoms with E-state index in [1.54, 1.807) is 0 Å². The maximum absolute atomic E-state index is 6.36. The van der Waals surface area contributed by atoms with Gasteiger partial charge in [0.05, 0.1) is 5.52 Å². The molecule has 0 radical (unpaired) electrons. The van der Waals surface area contributed by atoms with Gasteiger partial charge in [-0.2, -0.15) is 6.07 Å². The molecule has 0 aliphatic rings. The Morgan fingerprint density at radius 1 is 0.717 bits per heavy atom. The van der Waals surface area contributed by atoms with Gasteiger partial charge in [-0.3, -0.25) is 0 Å². The molecule has 46 heavy (non-hydrogen) atoms. The average molecular weight is 801 g/mol. The first-order valence-electron chi connectivity index (χ1n) is 15.3. The second-order valence-electron chi connectivity index (χ2n) is 13.7. The van der Waals surface area contributed by atoms with Crippen molar-refractivity contribution in [3.8, 4) is 28.6 Å². The first-order chi connectivity index (χ1) is 21.5. The van der Waals surface area contributed by atoms with Crippen LogP contribution in [-0.2, 0) is 44.5 Å². The maximum Gasteiger partial charge on any atom is 2.00 e. The monoisotopic (exact) mass is 800 g/mol. The maximum atomic E-state index is 6.36. The number of benzene rings is 4. The number of hydrogen-bond donors (Lipinski definition) is 0. The van der Waals surface area contributed by atoms with Crippen LogP contribution in [0.15, 0.2) is 108 Å². The summed E-state index contributed by atoms with van der Waals surface area (Å²) >= 11 is 5.75. The zero-order valence-corrected chi connectivity index (χ0v) is 29.9. The van der Waals surface area contributed by atoms with Gasteiger partial charge in [-0.05, 0) is 74.2 Å². The zero-order valence-electron chi connectivity index (χ0n) is 26.8. The minimum Gasteiger partial charge on any atom is -0.778 e. The van der Waals surface area contributed by atoms with Crippen molar-refractivity contribution >= 4 is 45.3 Å². The van der Waals surface area contributed by atoms with Crippen molar-refractivity contribution in [1.82, 2.24) is 14.5 Å². The van der Waals surface area contributed by atoms with E-state index < -0.39 is 0 Å². The van der Waals surface area contributed by atoms with Crippen LogP contribution in [0.4, 0.5) is 0 Å². The standard InChI is InChI=1S/C40H36N3OS.Pt/c1-39(2,3)28-13-16-33-32(22-28)31-15-14-30(44-37-17-12-27-20-29(40(4,5)6)23-35(45)38(27)42-37)24-34(31)43(33)36-21-26(18-19-41-36)25-10-8-7-9-11-25;/h7-23,45H,1-6H3;/q-1;+2/p-1. The molecule has 3 heterocycles. The molecular weight excluding hydrogens is 766 g/mol. The number of hydrogen-bond acceptors (Lipinski definition) is 4. The van der Waals surface area contributed by atoms with E-state index in [0.29, 0.717) is 11.6 Å². The van der Waals surface area contributed by atoms with Crippen molar-refractivity contribution in [2.45, 2.75) is 57.3 Å². The van der Waals surface area contributed by atoms with Gasteiger partial charge < -0.3 is 21.9 Å². The fourth-order valence-electron chi connectivity index (χ4n) is 5.83. The van der Waals surface area contributed by atoms with Crippen LogP contribution in [0.25, 0.3) is 49.7 Å². The van der Waals surface area contributed by atoms with E-state index in [1.807, 2.05) is 42.6 Å². The number of rotatable bonds is 4. The van der Waals surface area contributed by atoms with Gasteiger partial charge in [0.15, 0.2) is 0 Å². The fourth-order valence-corrected chi connectivity index (χ4v) is 6.12. The Kier molecular flexibility index (Phi) is 8.29. The molecule has 0 amide bonds. The van der Waals surface area contributed by atoms with Crippen LogP contribution in [0, 0.1) is 6.07 Å². The minimum atomic E-state index is 0. The topological polar surface area (TPSA) is 39.9 Å². The molecule has 6 heteroatoms. The Morgan fingerprint density at radius 2 is 1.48 bits per heavy atom.